The van der Waals surface area contributed by atoms with Gasteiger partial charge in [0.25, 0.3) is 0 Å². The van der Waals surface area contributed by atoms with Crippen molar-refractivity contribution in [1.82, 2.24) is 16.0 Å². The molecule has 1 fully saturated rings. The molecule has 5 N–H and O–H groups in total. The van der Waals surface area contributed by atoms with E-state index in [4.69, 9.17) is 9.84 Å². The van der Waals surface area contributed by atoms with Crippen LogP contribution in [0.1, 0.15) is 76.8 Å². The van der Waals surface area contributed by atoms with Crippen LogP contribution < -0.4 is 21.3 Å². The van der Waals surface area contributed by atoms with Crippen molar-refractivity contribution >= 4 is 29.4 Å². The molecule has 0 aromatic heterocycles. The van der Waals surface area contributed by atoms with E-state index in [0.717, 1.165) is 49.7 Å². The van der Waals surface area contributed by atoms with E-state index in [9.17, 15) is 19.2 Å². The quantitative estimate of drug-likeness (QED) is 0.109. The molecular formula is C34H48N4O6. The van der Waals surface area contributed by atoms with Gasteiger partial charge in [0, 0.05) is 5.69 Å². The predicted molar refractivity (Wildman–Crippen MR) is 171 cm³/mol. The molecular weight excluding hydrogens is 560 g/mol. The van der Waals surface area contributed by atoms with E-state index in [1.54, 1.807) is 31.2 Å². The maximum absolute atomic E-state index is 13.7. The molecule has 44 heavy (non-hydrogen) atoms. The smallest absolute Gasteiger partial charge is 0.409 e. The summed E-state index contributed by atoms with van der Waals surface area (Å²) in [6.45, 7) is 6.87. The molecule has 10 nitrogen and oxygen atoms in total. The zero-order valence-electron chi connectivity index (χ0n) is 26.2. The molecule has 0 bridgehead atoms. The van der Waals surface area contributed by atoms with Crippen LogP contribution >= 0.6 is 0 Å². The van der Waals surface area contributed by atoms with Crippen molar-refractivity contribution in [2.45, 2.75) is 102 Å². The summed E-state index contributed by atoms with van der Waals surface area (Å²) in [4.78, 5) is 51.7. The number of carbonyl (C=O) groups excluding carboxylic acids is 3. The number of unbranched alkanes of at least 4 members (excludes halogenated alkanes) is 4. The zero-order valence-corrected chi connectivity index (χ0v) is 26.2. The summed E-state index contributed by atoms with van der Waals surface area (Å²) < 4.78 is 5.41. The summed E-state index contributed by atoms with van der Waals surface area (Å²) in [6.07, 6.45) is 5.73. The van der Waals surface area contributed by atoms with Gasteiger partial charge in [-0.1, -0.05) is 88.4 Å². The van der Waals surface area contributed by atoms with Crippen molar-refractivity contribution in [2.75, 3.05) is 18.5 Å². The molecule has 3 amide bonds. The minimum atomic E-state index is -1.15. The normalized spacial score (nSPS) is 17.6. The lowest BCUT2D eigenvalue weighted by Gasteiger charge is -2.26. The average Bonchev–Trinajstić information content (AvgIpc) is 3.77. The Morgan fingerprint density at radius 2 is 1.39 bits per heavy atom. The molecule has 4 atom stereocenters. The number of benzene rings is 2. The maximum Gasteiger partial charge on any atom is 0.409 e. The number of anilines is 1. The Bertz CT molecular complexity index is 1220. The second-order valence-electron chi connectivity index (χ2n) is 11.7. The van der Waals surface area contributed by atoms with Crippen LogP contribution in [0.5, 0.6) is 0 Å². The van der Waals surface area contributed by atoms with E-state index in [1.807, 2.05) is 37.3 Å². The highest BCUT2D eigenvalue weighted by Crippen LogP contribution is 2.29. The third kappa shape index (κ3) is 11.4. The van der Waals surface area contributed by atoms with Crippen molar-refractivity contribution in [1.29, 1.82) is 0 Å². The molecule has 2 aromatic rings. The van der Waals surface area contributed by atoms with Gasteiger partial charge in [-0.3, -0.25) is 19.7 Å². The monoisotopic (exact) mass is 608 g/mol. The summed E-state index contributed by atoms with van der Waals surface area (Å²) in [6, 6.07) is 14.2. The standard InChI is InChI=1S/C34H48N4O6/c1-4-6-8-12-20-35-29(22-25-16-18-26(19-17-25)36-33(42)43)32(41)37-27(15-7-5-2)31(40)38-28(30(39)34(3)23-44-34)21-24-13-10-9-11-14-24/h9-11,13-14,16-19,27-29,35-36H,4-8,12,15,20-23H2,1-3H3,(H,37,41)(H,38,40)(H,42,43)/t27-,28-,29-,34+/m0/s1. The minimum absolute atomic E-state index is 0.178. The van der Waals surface area contributed by atoms with Crippen molar-refractivity contribution in [3.63, 3.8) is 0 Å². The number of nitrogens with one attached hydrogen (secondary N) is 4. The number of epoxide rings is 1. The molecule has 2 aromatic carbocycles. The summed E-state index contributed by atoms with van der Waals surface area (Å²) >= 11 is 0. The summed E-state index contributed by atoms with van der Waals surface area (Å²) in [5.41, 5.74) is 1.30. The van der Waals surface area contributed by atoms with Gasteiger partial charge in [0.1, 0.15) is 11.6 Å². The molecule has 0 aliphatic carbocycles. The van der Waals surface area contributed by atoms with Crippen LogP contribution in [0, 0.1) is 0 Å². The second-order valence-corrected chi connectivity index (χ2v) is 11.7. The van der Waals surface area contributed by atoms with Crippen molar-refractivity contribution in [3.05, 3.63) is 65.7 Å². The Labute approximate surface area is 260 Å². The van der Waals surface area contributed by atoms with E-state index in [1.165, 1.54) is 0 Å². The fourth-order valence-corrected chi connectivity index (χ4v) is 5.07. The molecule has 3 rings (SSSR count). The van der Waals surface area contributed by atoms with Gasteiger partial charge in [0.15, 0.2) is 5.78 Å². The van der Waals surface area contributed by atoms with Crippen molar-refractivity contribution in [2.24, 2.45) is 0 Å². The van der Waals surface area contributed by atoms with Gasteiger partial charge >= 0.3 is 6.09 Å². The highest BCUT2D eigenvalue weighted by atomic mass is 16.6. The summed E-state index contributed by atoms with van der Waals surface area (Å²) in [5, 5.41) is 20.6. The number of ketones is 1. The van der Waals surface area contributed by atoms with Gasteiger partial charge in [-0.2, -0.15) is 0 Å². The molecule has 1 heterocycles. The highest BCUT2D eigenvalue weighted by molar-refractivity contribution is 5.98. The first kappa shape index (κ1) is 34.7. The number of carbonyl (C=O) groups is 4. The number of carboxylic acid groups (broad SMARTS) is 1. The predicted octanol–water partition coefficient (Wildman–Crippen LogP) is 4.62. The SMILES string of the molecule is CCCCCCN[C@@H](Cc1ccc(NC(=O)O)cc1)C(=O)N[C@@H](CCCC)C(=O)N[C@@H](Cc1ccccc1)C(=O)[C@@]1(C)CO1. The Balaban J connectivity index is 1.74. The largest absolute Gasteiger partial charge is 0.465 e. The molecule has 240 valence electrons. The number of ether oxygens (including phenoxy) is 1. The number of hydrogen-bond donors (Lipinski definition) is 5. The van der Waals surface area contributed by atoms with E-state index >= 15 is 0 Å². The van der Waals surface area contributed by atoms with Crippen molar-refractivity contribution < 1.29 is 29.0 Å². The topological polar surface area (TPSA) is 149 Å². The third-order valence-corrected chi connectivity index (χ3v) is 7.88. The maximum atomic E-state index is 13.7. The lowest BCUT2D eigenvalue weighted by Crippen LogP contribution is -2.57. The van der Waals surface area contributed by atoms with Crippen molar-refractivity contribution in [3.8, 4) is 0 Å². The average molecular weight is 609 g/mol. The Morgan fingerprint density at radius 3 is 2.00 bits per heavy atom. The van der Waals surface area contributed by atoms with Gasteiger partial charge in [-0.25, -0.2) is 4.79 Å². The van der Waals surface area contributed by atoms with Gasteiger partial charge < -0.3 is 25.8 Å². The molecule has 0 unspecified atom stereocenters. The Hall–Kier alpha value is -3.76. The fourth-order valence-electron chi connectivity index (χ4n) is 5.07. The first-order valence-electron chi connectivity index (χ1n) is 15.8. The number of amides is 3. The van der Waals surface area contributed by atoms with E-state index in [0.29, 0.717) is 38.1 Å². The molecule has 1 aliphatic heterocycles. The van der Waals surface area contributed by atoms with E-state index in [2.05, 4.69) is 28.2 Å². The molecule has 0 saturated carbocycles. The molecule has 10 heteroatoms. The third-order valence-electron chi connectivity index (χ3n) is 7.88. The van der Waals surface area contributed by atoms with Crippen LogP contribution in [0.25, 0.3) is 0 Å². The Kier molecular flexibility index (Phi) is 13.8. The molecule has 0 radical (unpaired) electrons. The van der Waals surface area contributed by atoms with E-state index in [-0.39, 0.29) is 11.7 Å². The first-order chi connectivity index (χ1) is 21.1. The van der Waals surface area contributed by atoms with Crippen LogP contribution in [0.15, 0.2) is 54.6 Å². The molecule has 0 spiro atoms. The number of hydrogen-bond acceptors (Lipinski definition) is 6. The van der Waals surface area contributed by atoms with E-state index < -0.39 is 35.7 Å². The van der Waals surface area contributed by atoms with Gasteiger partial charge in [0.2, 0.25) is 11.8 Å². The zero-order chi connectivity index (χ0) is 32.0. The lowest BCUT2D eigenvalue weighted by molar-refractivity contribution is -0.133. The molecule has 1 saturated heterocycles. The Morgan fingerprint density at radius 1 is 0.795 bits per heavy atom. The lowest BCUT2D eigenvalue weighted by atomic mass is 9.94. The highest BCUT2D eigenvalue weighted by Gasteiger charge is 2.50. The van der Waals surface area contributed by atoms with Crippen LogP contribution in [0.2, 0.25) is 0 Å². The first-order valence-corrected chi connectivity index (χ1v) is 15.8. The summed E-state index contributed by atoms with van der Waals surface area (Å²) in [5.74, 6) is -0.869. The van der Waals surface area contributed by atoms with Crippen LogP contribution in [-0.2, 0) is 32.0 Å². The number of Topliss-reactive ketones (excluding diaryl/α,β-unsaturated/α-hetero) is 1. The summed E-state index contributed by atoms with van der Waals surface area (Å²) in [7, 11) is 0. The van der Waals surface area contributed by atoms with Crippen LogP contribution in [0.3, 0.4) is 0 Å². The van der Waals surface area contributed by atoms with Gasteiger partial charge in [-0.15, -0.1) is 0 Å². The van der Waals surface area contributed by atoms with Gasteiger partial charge in [0.05, 0.1) is 18.7 Å². The van der Waals surface area contributed by atoms with Gasteiger partial charge in [-0.05, 0) is 62.4 Å². The minimum Gasteiger partial charge on any atom is -0.465 e. The fraction of sp³-hybridized carbons (Fsp3) is 0.529. The second kappa shape index (κ2) is 17.5. The van der Waals surface area contributed by atoms with Crippen LogP contribution in [0.4, 0.5) is 10.5 Å². The molecule has 1 aliphatic rings. The number of rotatable bonds is 20. The van der Waals surface area contributed by atoms with Crippen LogP contribution in [-0.4, -0.2) is 65.7 Å².